The molecule has 1 atom stereocenters. The molecule has 1 aliphatic heterocycles. The van der Waals surface area contributed by atoms with Gasteiger partial charge in [0.15, 0.2) is 0 Å². The van der Waals surface area contributed by atoms with Gasteiger partial charge in [-0.05, 0) is 51.9 Å². The van der Waals surface area contributed by atoms with Gasteiger partial charge in [-0.3, -0.25) is 4.79 Å². The van der Waals surface area contributed by atoms with Gasteiger partial charge in [0.1, 0.15) is 6.04 Å². The maximum Gasteiger partial charge on any atom is 0.327 e. The van der Waals surface area contributed by atoms with Crippen molar-refractivity contribution >= 4 is 11.9 Å². The van der Waals surface area contributed by atoms with Crippen LogP contribution in [0.2, 0.25) is 0 Å². The number of rotatable bonds is 7. The van der Waals surface area contributed by atoms with Crippen molar-refractivity contribution in [1.82, 2.24) is 15.5 Å². The third kappa shape index (κ3) is 6.54. The van der Waals surface area contributed by atoms with Crippen LogP contribution in [-0.2, 0) is 9.59 Å². The Kier molecular flexibility index (Phi) is 6.80. The Morgan fingerprint density at radius 3 is 2.53 bits per heavy atom. The van der Waals surface area contributed by atoms with Gasteiger partial charge in [0.25, 0.3) is 0 Å². The summed E-state index contributed by atoms with van der Waals surface area (Å²) in [5, 5.41) is 14.5. The lowest BCUT2D eigenvalue weighted by atomic mass is 9.94. The maximum absolute atomic E-state index is 10.9. The van der Waals surface area contributed by atoms with Gasteiger partial charge in [-0.15, -0.1) is 0 Å². The van der Waals surface area contributed by atoms with Gasteiger partial charge >= 0.3 is 5.97 Å². The van der Waals surface area contributed by atoms with Gasteiger partial charge in [-0.1, -0.05) is 0 Å². The highest BCUT2D eigenvalue weighted by Crippen LogP contribution is 2.18. The van der Waals surface area contributed by atoms with Crippen LogP contribution in [0.4, 0.5) is 0 Å². The summed E-state index contributed by atoms with van der Waals surface area (Å²) in [6, 6.07) is -0.838. The highest BCUT2D eigenvalue weighted by molar-refractivity contribution is 5.82. The Labute approximate surface area is 114 Å². The van der Waals surface area contributed by atoms with E-state index >= 15 is 0 Å². The molecule has 1 fully saturated rings. The Bertz CT molecular complexity index is 302. The van der Waals surface area contributed by atoms with Crippen LogP contribution < -0.4 is 10.6 Å². The number of aliphatic carboxylic acids is 1. The molecule has 6 nitrogen and oxygen atoms in total. The van der Waals surface area contributed by atoms with E-state index in [1.165, 1.54) is 19.8 Å². The highest BCUT2D eigenvalue weighted by atomic mass is 16.4. The Balaban J connectivity index is 2.14. The molecule has 0 saturated carbocycles. The van der Waals surface area contributed by atoms with Crippen molar-refractivity contribution in [2.24, 2.45) is 5.92 Å². The van der Waals surface area contributed by atoms with Crippen LogP contribution in [0.25, 0.3) is 0 Å². The monoisotopic (exact) mass is 271 g/mol. The molecule has 19 heavy (non-hydrogen) atoms. The molecule has 3 N–H and O–H groups in total. The summed E-state index contributed by atoms with van der Waals surface area (Å²) in [4.78, 5) is 24.1. The maximum atomic E-state index is 10.9. The highest BCUT2D eigenvalue weighted by Gasteiger charge is 2.19. The van der Waals surface area contributed by atoms with E-state index in [2.05, 4.69) is 22.6 Å². The van der Waals surface area contributed by atoms with E-state index in [1.807, 2.05) is 0 Å². The van der Waals surface area contributed by atoms with Crippen LogP contribution in [-0.4, -0.2) is 61.2 Å². The zero-order chi connectivity index (χ0) is 14.3. The van der Waals surface area contributed by atoms with E-state index in [0.717, 1.165) is 32.0 Å². The van der Waals surface area contributed by atoms with Crippen molar-refractivity contribution < 1.29 is 14.7 Å². The summed E-state index contributed by atoms with van der Waals surface area (Å²) in [5.41, 5.74) is 0. The van der Waals surface area contributed by atoms with Crippen molar-refractivity contribution in [3.05, 3.63) is 0 Å². The molecule has 1 unspecified atom stereocenters. The van der Waals surface area contributed by atoms with E-state index in [9.17, 15) is 9.59 Å². The summed E-state index contributed by atoms with van der Waals surface area (Å²) in [5.74, 6) is -0.584. The number of carbonyl (C=O) groups is 2. The van der Waals surface area contributed by atoms with Gasteiger partial charge < -0.3 is 20.6 Å². The molecule has 0 aromatic rings. The van der Waals surface area contributed by atoms with E-state index in [1.54, 1.807) is 0 Å². The number of carbonyl (C=O) groups excluding carboxylic acids is 1. The number of nitrogens with zero attached hydrogens (tertiary/aromatic N) is 1. The lowest BCUT2D eigenvalue weighted by Crippen LogP contribution is -2.46. The first kappa shape index (κ1) is 15.9. The van der Waals surface area contributed by atoms with Crippen LogP contribution in [0, 0.1) is 5.92 Å². The minimum atomic E-state index is -0.998. The summed E-state index contributed by atoms with van der Waals surface area (Å²) in [6.45, 7) is 4.70. The predicted molar refractivity (Wildman–Crippen MR) is 72.9 cm³/mol. The molecule has 0 spiro atoms. The second kappa shape index (κ2) is 8.12. The summed E-state index contributed by atoms with van der Waals surface area (Å²) in [7, 11) is 2.14. The third-order valence-electron chi connectivity index (χ3n) is 3.59. The zero-order valence-electron chi connectivity index (χ0n) is 11.8. The molecule has 1 rings (SSSR count). The van der Waals surface area contributed by atoms with Crippen LogP contribution in [0.15, 0.2) is 0 Å². The normalized spacial score (nSPS) is 19.1. The molecule has 0 bridgehead atoms. The Morgan fingerprint density at radius 1 is 1.37 bits per heavy atom. The first-order valence-electron chi connectivity index (χ1n) is 6.88. The van der Waals surface area contributed by atoms with E-state index in [-0.39, 0.29) is 12.5 Å². The molecule has 1 saturated heterocycles. The molecule has 1 aliphatic rings. The van der Waals surface area contributed by atoms with Crippen LogP contribution in [0.3, 0.4) is 0 Å². The van der Waals surface area contributed by atoms with E-state index < -0.39 is 12.0 Å². The minimum absolute atomic E-state index is 0.279. The summed E-state index contributed by atoms with van der Waals surface area (Å²) < 4.78 is 0. The molecule has 0 radical (unpaired) electrons. The Morgan fingerprint density at radius 2 is 2.00 bits per heavy atom. The average molecular weight is 271 g/mol. The molecule has 0 aliphatic carbocycles. The number of hydrogen-bond acceptors (Lipinski definition) is 4. The lowest BCUT2D eigenvalue weighted by molar-refractivity contribution is -0.141. The molecule has 0 aromatic heterocycles. The number of nitrogens with one attached hydrogen (secondary N) is 2. The molecular weight excluding hydrogens is 246 g/mol. The summed E-state index contributed by atoms with van der Waals surface area (Å²) in [6.07, 6.45) is 3.50. The first-order chi connectivity index (χ1) is 8.99. The van der Waals surface area contributed by atoms with Gasteiger partial charge in [0, 0.05) is 13.5 Å². The number of likely N-dealkylation sites (tertiary alicyclic amines) is 1. The quantitative estimate of drug-likeness (QED) is 0.563. The largest absolute Gasteiger partial charge is 0.480 e. The number of carboxylic acids is 1. The van der Waals surface area contributed by atoms with Crippen molar-refractivity contribution in [3.63, 3.8) is 0 Å². The van der Waals surface area contributed by atoms with Crippen molar-refractivity contribution in [2.45, 2.75) is 32.2 Å². The number of amides is 1. The molecule has 1 heterocycles. The fraction of sp³-hybridized carbons (Fsp3) is 0.846. The third-order valence-corrected chi connectivity index (χ3v) is 3.59. The fourth-order valence-electron chi connectivity index (χ4n) is 2.35. The average Bonchev–Trinajstić information content (AvgIpc) is 2.34. The molecule has 6 heteroatoms. The van der Waals surface area contributed by atoms with Crippen LogP contribution in [0.1, 0.15) is 26.2 Å². The predicted octanol–water partition coefficient (Wildman–Crippen LogP) is -0.103. The second-order valence-electron chi connectivity index (χ2n) is 5.33. The molecule has 110 valence electrons. The van der Waals surface area contributed by atoms with E-state index in [0.29, 0.717) is 0 Å². The number of carboxylic acid groups (broad SMARTS) is 1. The zero-order valence-corrected chi connectivity index (χ0v) is 11.8. The number of hydrogen-bond donors (Lipinski definition) is 3. The Hall–Kier alpha value is -1.14. The van der Waals surface area contributed by atoms with Crippen molar-refractivity contribution in [3.8, 4) is 0 Å². The second-order valence-corrected chi connectivity index (χ2v) is 5.33. The van der Waals surface area contributed by atoms with Gasteiger partial charge in [0.2, 0.25) is 5.91 Å². The number of piperidine rings is 1. The molecule has 0 aromatic carbocycles. The lowest BCUT2D eigenvalue weighted by Gasteiger charge is -2.29. The minimum Gasteiger partial charge on any atom is -0.480 e. The van der Waals surface area contributed by atoms with Crippen LogP contribution >= 0.6 is 0 Å². The fourth-order valence-corrected chi connectivity index (χ4v) is 2.35. The van der Waals surface area contributed by atoms with Gasteiger partial charge in [-0.25, -0.2) is 4.79 Å². The van der Waals surface area contributed by atoms with Crippen molar-refractivity contribution in [2.75, 3.05) is 33.2 Å². The topological polar surface area (TPSA) is 81.7 Å². The standard InChI is InChI=1S/C13H25N3O3/c1-10(17)15-12(13(18)19)9-14-6-3-11-4-7-16(2)8-5-11/h11-12,14H,3-9H2,1-2H3,(H,15,17)(H,18,19). The van der Waals surface area contributed by atoms with Crippen molar-refractivity contribution in [1.29, 1.82) is 0 Å². The summed E-state index contributed by atoms with van der Waals surface area (Å²) >= 11 is 0. The van der Waals surface area contributed by atoms with Gasteiger partial charge in [0.05, 0.1) is 0 Å². The van der Waals surface area contributed by atoms with Crippen LogP contribution in [0.5, 0.6) is 0 Å². The molecule has 1 amide bonds. The van der Waals surface area contributed by atoms with E-state index in [4.69, 9.17) is 5.11 Å². The first-order valence-corrected chi connectivity index (χ1v) is 6.88. The molecular formula is C13H25N3O3. The van der Waals surface area contributed by atoms with Gasteiger partial charge in [-0.2, -0.15) is 0 Å². The smallest absolute Gasteiger partial charge is 0.327 e. The SMILES string of the molecule is CC(=O)NC(CNCCC1CCN(C)CC1)C(=O)O.